The highest BCUT2D eigenvalue weighted by atomic mass is 16.6. The van der Waals surface area contributed by atoms with E-state index in [0.717, 1.165) is 16.7 Å². The number of fused-ring (bicyclic) bond motifs is 2. The van der Waals surface area contributed by atoms with Gasteiger partial charge in [-0.05, 0) is 22.8 Å². The molecule has 0 aliphatic carbocycles. The number of carbonyl (C=O) groups is 2. The number of hydrogen-bond donors (Lipinski definition) is 0. The van der Waals surface area contributed by atoms with Crippen LogP contribution < -0.4 is 0 Å². The third kappa shape index (κ3) is 4.32. The molecule has 0 aromatic heterocycles. The summed E-state index contributed by atoms with van der Waals surface area (Å²) in [6.45, 7) is 4.76. The molecule has 0 saturated heterocycles. The molecule has 3 aromatic rings. The summed E-state index contributed by atoms with van der Waals surface area (Å²) >= 11 is 0. The Hall–Kier alpha value is -4.26. The SMILES string of the molecule is C=CCN(C[C@]12C=C[C@H](O1)C(C(=O)OC)=C2C(=O)OC)C(c1ccccc1)(c1ccccc1)c1ccccc1. The van der Waals surface area contributed by atoms with E-state index in [-0.39, 0.29) is 17.7 Å². The normalized spacial score (nSPS) is 19.8. The van der Waals surface area contributed by atoms with E-state index >= 15 is 0 Å². The van der Waals surface area contributed by atoms with Crippen molar-refractivity contribution in [2.45, 2.75) is 17.2 Å². The Labute approximate surface area is 228 Å². The fraction of sp³-hybridized carbons (Fsp3) is 0.212. The van der Waals surface area contributed by atoms with Gasteiger partial charge in [-0.3, -0.25) is 4.90 Å². The Morgan fingerprint density at radius 1 is 0.872 bits per heavy atom. The van der Waals surface area contributed by atoms with Crippen LogP contribution in [0, 0.1) is 0 Å². The van der Waals surface area contributed by atoms with Gasteiger partial charge in [0.1, 0.15) is 11.7 Å². The molecule has 2 aliphatic rings. The molecule has 2 atom stereocenters. The highest BCUT2D eigenvalue weighted by Crippen LogP contribution is 2.49. The minimum absolute atomic E-state index is 0.168. The third-order valence-corrected chi connectivity index (χ3v) is 7.47. The molecule has 0 radical (unpaired) electrons. The number of nitrogens with zero attached hydrogens (tertiary/aromatic N) is 1. The van der Waals surface area contributed by atoms with E-state index in [0.29, 0.717) is 6.54 Å². The summed E-state index contributed by atoms with van der Waals surface area (Å²) in [5.41, 5.74) is 1.43. The summed E-state index contributed by atoms with van der Waals surface area (Å²) in [5, 5.41) is 0. The van der Waals surface area contributed by atoms with Crippen LogP contribution in [-0.2, 0) is 29.3 Å². The first kappa shape index (κ1) is 26.4. The molecule has 198 valence electrons. The van der Waals surface area contributed by atoms with Crippen molar-refractivity contribution in [2.24, 2.45) is 0 Å². The summed E-state index contributed by atoms with van der Waals surface area (Å²) in [7, 11) is 2.60. The van der Waals surface area contributed by atoms with Crippen molar-refractivity contribution in [2.75, 3.05) is 27.3 Å². The smallest absolute Gasteiger partial charge is 0.337 e. The van der Waals surface area contributed by atoms with Gasteiger partial charge in [0.25, 0.3) is 0 Å². The summed E-state index contributed by atoms with van der Waals surface area (Å²) in [6.07, 6.45) is 4.81. The van der Waals surface area contributed by atoms with Crippen LogP contribution >= 0.6 is 0 Å². The Kier molecular flexibility index (Phi) is 7.33. The van der Waals surface area contributed by atoms with Crippen molar-refractivity contribution in [1.82, 2.24) is 4.90 Å². The van der Waals surface area contributed by atoms with Crippen molar-refractivity contribution in [3.05, 3.63) is 144 Å². The minimum atomic E-state index is -1.23. The molecule has 0 amide bonds. The maximum Gasteiger partial charge on any atom is 0.337 e. The van der Waals surface area contributed by atoms with E-state index in [1.165, 1.54) is 14.2 Å². The second-order valence-corrected chi connectivity index (χ2v) is 9.54. The molecule has 0 fully saturated rings. The van der Waals surface area contributed by atoms with E-state index < -0.39 is 29.2 Å². The summed E-state index contributed by atoms with van der Waals surface area (Å²) < 4.78 is 16.6. The number of rotatable bonds is 10. The fourth-order valence-corrected chi connectivity index (χ4v) is 5.94. The Balaban J connectivity index is 1.77. The molecule has 0 N–H and O–H groups in total. The van der Waals surface area contributed by atoms with Crippen LogP contribution in [0.15, 0.2) is 127 Å². The van der Waals surface area contributed by atoms with Crippen molar-refractivity contribution in [3.63, 3.8) is 0 Å². The third-order valence-electron chi connectivity index (χ3n) is 7.47. The minimum Gasteiger partial charge on any atom is -0.466 e. The highest BCUT2D eigenvalue weighted by Gasteiger charge is 2.57. The van der Waals surface area contributed by atoms with E-state index in [9.17, 15) is 9.59 Å². The number of hydrogen-bond acceptors (Lipinski definition) is 6. The Morgan fingerprint density at radius 3 is 1.79 bits per heavy atom. The van der Waals surface area contributed by atoms with Crippen LogP contribution in [-0.4, -0.2) is 55.9 Å². The molecule has 0 unspecified atom stereocenters. The standard InChI is InChI=1S/C33H31NO5/c1-4-22-34(23-32-21-20-27(39-32)28(30(35)37-2)29(32)31(36)38-3)33(24-14-8-5-9-15-24,25-16-10-6-11-17-25)26-18-12-7-13-19-26/h4-21,27H,1,22-23H2,2-3H3/t27-,32-/m0/s1. The predicted molar refractivity (Wildman–Crippen MR) is 149 cm³/mol. The number of carbonyl (C=O) groups excluding carboxylic acids is 2. The molecule has 6 heteroatoms. The number of ether oxygens (including phenoxy) is 3. The quantitative estimate of drug-likeness (QED) is 0.217. The first-order valence-corrected chi connectivity index (χ1v) is 12.8. The number of esters is 2. The maximum atomic E-state index is 13.2. The van der Waals surface area contributed by atoms with Crippen LogP contribution in [0.25, 0.3) is 0 Å². The number of methoxy groups -OCH3 is 2. The van der Waals surface area contributed by atoms with Crippen molar-refractivity contribution >= 4 is 11.9 Å². The molecular formula is C33H31NO5. The average molecular weight is 522 g/mol. The van der Waals surface area contributed by atoms with E-state index in [4.69, 9.17) is 14.2 Å². The predicted octanol–water partition coefficient (Wildman–Crippen LogP) is 4.82. The van der Waals surface area contributed by atoms with Gasteiger partial charge in [-0.15, -0.1) is 6.58 Å². The fourth-order valence-electron chi connectivity index (χ4n) is 5.94. The van der Waals surface area contributed by atoms with Crippen LogP contribution in [0.5, 0.6) is 0 Å². The van der Waals surface area contributed by atoms with Gasteiger partial charge >= 0.3 is 11.9 Å². The van der Waals surface area contributed by atoms with Crippen LogP contribution in [0.4, 0.5) is 0 Å². The van der Waals surface area contributed by atoms with Gasteiger partial charge in [0.15, 0.2) is 0 Å². The molecule has 3 aromatic carbocycles. The van der Waals surface area contributed by atoms with E-state index in [2.05, 4.69) is 47.9 Å². The van der Waals surface area contributed by atoms with Crippen LogP contribution in [0.1, 0.15) is 16.7 Å². The van der Waals surface area contributed by atoms with Gasteiger partial charge < -0.3 is 14.2 Å². The Bertz CT molecular complexity index is 1320. The first-order chi connectivity index (χ1) is 19.0. The molecular weight excluding hydrogens is 490 g/mol. The molecule has 0 saturated carbocycles. The molecule has 6 nitrogen and oxygen atoms in total. The summed E-state index contributed by atoms with van der Waals surface area (Å²) in [6, 6.07) is 30.7. The Morgan fingerprint density at radius 2 is 1.36 bits per heavy atom. The topological polar surface area (TPSA) is 65.1 Å². The second-order valence-electron chi connectivity index (χ2n) is 9.54. The lowest BCUT2D eigenvalue weighted by Crippen LogP contribution is -2.55. The zero-order valence-corrected chi connectivity index (χ0v) is 22.1. The molecule has 39 heavy (non-hydrogen) atoms. The summed E-state index contributed by atoms with van der Waals surface area (Å²) in [5.74, 6) is -1.23. The molecule has 5 rings (SSSR count). The lowest BCUT2D eigenvalue weighted by Gasteiger charge is -2.48. The van der Waals surface area contributed by atoms with Gasteiger partial charge in [-0.2, -0.15) is 0 Å². The van der Waals surface area contributed by atoms with E-state index in [1.807, 2.05) is 66.7 Å². The van der Waals surface area contributed by atoms with Gasteiger partial charge in [-0.25, -0.2) is 9.59 Å². The van der Waals surface area contributed by atoms with Gasteiger partial charge in [0.2, 0.25) is 0 Å². The zero-order chi connectivity index (χ0) is 27.5. The summed E-state index contributed by atoms with van der Waals surface area (Å²) in [4.78, 5) is 28.3. The zero-order valence-electron chi connectivity index (χ0n) is 22.1. The number of benzene rings is 3. The van der Waals surface area contributed by atoms with Crippen molar-refractivity contribution < 1.29 is 23.8 Å². The molecule has 2 aliphatic heterocycles. The average Bonchev–Trinajstić information content (AvgIpc) is 3.55. The van der Waals surface area contributed by atoms with Gasteiger partial charge in [-0.1, -0.05) is 103 Å². The highest BCUT2D eigenvalue weighted by molar-refractivity contribution is 6.05. The van der Waals surface area contributed by atoms with Crippen LogP contribution in [0.3, 0.4) is 0 Å². The van der Waals surface area contributed by atoms with Gasteiger partial charge in [0, 0.05) is 13.1 Å². The van der Waals surface area contributed by atoms with Crippen molar-refractivity contribution in [1.29, 1.82) is 0 Å². The second kappa shape index (κ2) is 10.8. The molecule has 2 heterocycles. The van der Waals surface area contributed by atoms with E-state index in [1.54, 1.807) is 6.08 Å². The first-order valence-electron chi connectivity index (χ1n) is 12.8. The maximum absolute atomic E-state index is 13.2. The molecule has 2 bridgehead atoms. The van der Waals surface area contributed by atoms with Crippen molar-refractivity contribution in [3.8, 4) is 0 Å². The largest absolute Gasteiger partial charge is 0.466 e. The monoisotopic (exact) mass is 521 g/mol. The lowest BCUT2D eigenvalue weighted by molar-refractivity contribution is -0.139. The molecule has 0 spiro atoms. The lowest BCUT2D eigenvalue weighted by atomic mass is 9.74. The van der Waals surface area contributed by atoms with Crippen LogP contribution in [0.2, 0.25) is 0 Å². The van der Waals surface area contributed by atoms with Gasteiger partial charge in [0.05, 0.1) is 30.9 Å².